The molecule has 1 unspecified atom stereocenters. The summed E-state index contributed by atoms with van der Waals surface area (Å²) in [7, 11) is 0. The van der Waals surface area contributed by atoms with Gasteiger partial charge in [0.05, 0.1) is 11.4 Å². The molecule has 0 radical (unpaired) electrons. The van der Waals surface area contributed by atoms with Crippen LogP contribution in [-0.4, -0.2) is 5.71 Å². The number of allylic oxidation sites excluding steroid dienone is 7. The quantitative estimate of drug-likeness (QED) is 0.413. The van der Waals surface area contributed by atoms with Gasteiger partial charge >= 0.3 is 0 Å². The Kier molecular flexibility index (Phi) is 5.81. The Bertz CT molecular complexity index is 1250. The van der Waals surface area contributed by atoms with E-state index in [0.29, 0.717) is 0 Å². The van der Waals surface area contributed by atoms with Crippen LogP contribution >= 0.6 is 0 Å². The average Bonchev–Trinajstić information content (AvgIpc) is 3.06. The molecular weight excluding hydrogens is 386 g/mol. The maximum atomic E-state index is 5.38. The molecule has 3 aromatic rings. The summed E-state index contributed by atoms with van der Waals surface area (Å²) in [5.74, 6) is 0.250. The van der Waals surface area contributed by atoms with Crippen LogP contribution in [0.1, 0.15) is 35.1 Å². The summed E-state index contributed by atoms with van der Waals surface area (Å²) in [6.45, 7) is 2.16. The van der Waals surface area contributed by atoms with Gasteiger partial charge in [0.2, 0.25) is 0 Å². The second-order valence-electron chi connectivity index (χ2n) is 8.40. The summed E-state index contributed by atoms with van der Waals surface area (Å²) < 4.78 is 0. The molecule has 3 aromatic carbocycles. The van der Waals surface area contributed by atoms with E-state index in [1.165, 1.54) is 33.4 Å². The van der Waals surface area contributed by atoms with Crippen molar-refractivity contribution in [2.75, 3.05) is 0 Å². The number of aryl methyl sites for hydroxylation is 1. The molecule has 32 heavy (non-hydrogen) atoms. The Morgan fingerprint density at radius 3 is 2.16 bits per heavy atom. The molecule has 5 rings (SSSR count). The van der Waals surface area contributed by atoms with Gasteiger partial charge in [-0.15, -0.1) is 0 Å². The van der Waals surface area contributed by atoms with Gasteiger partial charge in [0.25, 0.3) is 0 Å². The maximum Gasteiger partial charge on any atom is 0.0563 e. The second-order valence-corrected chi connectivity index (χ2v) is 8.40. The van der Waals surface area contributed by atoms with Crippen LogP contribution < -0.4 is 0 Å². The summed E-state index contributed by atoms with van der Waals surface area (Å²) in [5.41, 5.74) is 9.72. The number of nitrogens with zero attached hydrogens (tertiary/aromatic N) is 1. The predicted octanol–water partition coefficient (Wildman–Crippen LogP) is 7.82. The standard InChI is InChI=1S/C31H27N/c1-23-12-11-19-27(22-23)28-20-21-29(24-13-5-2-6-14-24)32-31(26-17-9-4-10-18-26)30(28)25-15-7-3-8-16-25/h2-17,19-20,22,26H,18,21H2,1H3. The molecule has 156 valence electrons. The molecule has 0 aromatic heterocycles. The minimum Gasteiger partial charge on any atom is -0.256 e. The van der Waals surface area contributed by atoms with Crippen molar-refractivity contribution in [3.05, 3.63) is 143 Å². The lowest BCUT2D eigenvalue weighted by molar-refractivity contribution is 0.760. The van der Waals surface area contributed by atoms with E-state index in [4.69, 9.17) is 4.99 Å². The smallest absolute Gasteiger partial charge is 0.0563 e. The maximum absolute atomic E-state index is 5.38. The number of benzene rings is 3. The fourth-order valence-corrected chi connectivity index (χ4v) is 4.53. The third-order valence-corrected chi connectivity index (χ3v) is 6.11. The minimum absolute atomic E-state index is 0.250. The molecule has 1 heteroatoms. The molecule has 0 saturated heterocycles. The molecule has 0 saturated carbocycles. The summed E-state index contributed by atoms with van der Waals surface area (Å²) in [4.78, 5) is 5.38. The van der Waals surface area contributed by atoms with Crippen LogP contribution in [0.4, 0.5) is 0 Å². The fourth-order valence-electron chi connectivity index (χ4n) is 4.53. The summed E-state index contributed by atoms with van der Waals surface area (Å²) >= 11 is 0. The van der Waals surface area contributed by atoms with Crippen molar-refractivity contribution in [2.45, 2.75) is 19.8 Å². The Labute approximate surface area is 190 Å². The van der Waals surface area contributed by atoms with Crippen molar-refractivity contribution in [1.82, 2.24) is 0 Å². The number of hydrogen-bond acceptors (Lipinski definition) is 1. The highest BCUT2D eigenvalue weighted by molar-refractivity contribution is 6.12. The molecule has 1 atom stereocenters. The first kappa shape index (κ1) is 20.2. The van der Waals surface area contributed by atoms with Gasteiger partial charge in [-0.3, -0.25) is 4.99 Å². The van der Waals surface area contributed by atoms with Crippen LogP contribution in [0.3, 0.4) is 0 Å². The molecule has 1 aliphatic carbocycles. The fraction of sp³-hybridized carbons (Fsp3) is 0.129. The SMILES string of the molecule is Cc1cccc(C2=CCC(c3ccccc3)=NC(C3C=CC=CC3)=C2c2ccccc2)c1. The van der Waals surface area contributed by atoms with Crippen LogP contribution in [-0.2, 0) is 0 Å². The Balaban J connectivity index is 1.78. The lowest BCUT2D eigenvalue weighted by Crippen LogP contribution is -2.07. The Hall–Kier alpha value is -3.71. The average molecular weight is 414 g/mol. The van der Waals surface area contributed by atoms with E-state index >= 15 is 0 Å². The van der Waals surface area contributed by atoms with E-state index in [1.807, 2.05) is 0 Å². The van der Waals surface area contributed by atoms with Crippen molar-refractivity contribution >= 4 is 16.9 Å². The van der Waals surface area contributed by atoms with Crippen LogP contribution in [0.2, 0.25) is 0 Å². The van der Waals surface area contributed by atoms with Crippen LogP contribution in [0.25, 0.3) is 11.1 Å². The van der Waals surface area contributed by atoms with Gasteiger partial charge in [-0.1, -0.05) is 121 Å². The van der Waals surface area contributed by atoms with E-state index in [-0.39, 0.29) is 5.92 Å². The lowest BCUT2D eigenvalue weighted by atomic mass is 9.85. The molecule has 0 bridgehead atoms. The van der Waals surface area contributed by atoms with Gasteiger partial charge in [-0.25, -0.2) is 0 Å². The van der Waals surface area contributed by atoms with E-state index in [0.717, 1.165) is 24.3 Å². The van der Waals surface area contributed by atoms with Gasteiger partial charge in [0.1, 0.15) is 0 Å². The molecule has 1 aliphatic heterocycles. The molecule has 0 amide bonds. The molecule has 0 fully saturated rings. The molecule has 0 spiro atoms. The van der Waals surface area contributed by atoms with E-state index in [9.17, 15) is 0 Å². The zero-order valence-corrected chi connectivity index (χ0v) is 18.4. The van der Waals surface area contributed by atoms with Crippen molar-refractivity contribution in [3.63, 3.8) is 0 Å². The topological polar surface area (TPSA) is 12.4 Å². The highest BCUT2D eigenvalue weighted by atomic mass is 14.8. The highest BCUT2D eigenvalue weighted by Crippen LogP contribution is 2.41. The van der Waals surface area contributed by atoms with Crippen molar-refractivity contribution in [1.29, 1.82) is 0 Å². The molecular formula is C31H27N. The third kappa shape index (κ3) is 4.20. The van der Waals surface area contributed by atoms with Gasteiger partial charge in [-0.05, 0) is 35.6 Å². The van der Waals surface area contributed by atoms with Gasteiger partial charge < -0.3 is 0 Å². The van der Waals surface area contributed by atoms with E-state index in [2.05, 4.69) is 122 Å². The van der Waals surface area contributed by atoms with Crippen LogP contribution in [0.5, 0.6) is 0 Å². The first-order valence-electron chi connectivity index (χ1n) is 11.3. The molecule has 1 nitrogen and oxygen atoms in total. The summed E-state index contributed by atoms with van der Waals surface area (Å²) in [6, 6.07) is 30.2. The largest absolute Gasteiger partial charge is 0.256 e. The van der Waals surface area contributed by atoms with Gasteiger partial charge in [-0.2, -0.15) is 0 Å². The predicted molar refractivity (Wildman–Crippen MR) is 137 cm³/mol. The number of rotatable bonds is 4. The zero-order valence-electron chi connectivity index (χ0n) is 18.4. The summed E-state index contributed by atoms with van der Waals surface area (Å²) in [6.07, 6.45) is 13.0. The zero-order chi connectivity index (χ0) is 21.8. The Morgan fingerprint density at radius 2 is 1.47 bits per heavy atom. The first-order valence-corrected chi connectivity index (χ1v) is 11.3. The van der Waals surface area contributed by atoms with Crippen LogP contribution in [0.15, 0.2) is 126 Å². The number of hydrogen-bond donors (Lipinski definition) is 0. The molecule has 1 heterocycles. The minimum atomic E-state index is 0.250. The van der Waals surface area contributed by atoms with E-state index < -0.39 is 0 Å². The number of aliphatic imine (C=N–C) groups is 1. The molecule has 2 aliphatic rings. The summed E-state index contributed by atoms with van der Waals surface area (Å²) in [5, 5.41) is 0. The Morgan fingerprint density at radius 1 is 0.750 bits per heavy atom. The second kappa shape index (κ2) is 9.20. The first-order chi connectivity index (χ1) is 15.8. The van der Waals surface area contributed by atoms with E-state index in [1.54, 1.807) is 0 Å². The van der Waals surface area contributed by atoms with Crippen molar-refractivity contribution in [2.24, 2.45) is 10.9 Å². The lowest BCUT2D eigenvalue weighted by Gasteiger charge is -2.21. The normalized spacial score (nSPS) is 18.2. The van der Waals surface area contributed by atoms with Gasteiger partial charge in [0, 0.05) is 17.9 Å². The monoisotopic (exact) mass is 413 g/mol. The molecule has 0 N–H and O–H groups in total. The van der Waals surface area contributed by atoms with Crippen molar-refractivity contribution < 1.29 is 0 Å². The van der Waals surface area contributed by atoms with Crippen molar-refractivity contribution in [3.8, 4) is 0 Å². The third-order valence-electron chi connectivity index (χ3n) is 6.11. The van der Waals surface area contributed by atoms with Gasteiger partial charge in [0.15, 0.2) is 0 Å². The highest BCUT2D eigenvalue weighted by Gasteiger charge is 2.24. The van der Waals surface area contributed by atoms with Crippen LogP contribution in [0, 0.1) is 12.8 Å².